The predicted molar refractivity (Wildman–Crippen MR) is 92.0 cm³/mol. The van der Waals surface area contributed by atoms with E-state index >= 15 is 0 Å². The molecule has 0 aromatic heterocycles. The second-order valence-electron chi connectivity index (χ2n) is 5.38. The molecule has 1 aliphatic heterocycles. The molecule has 3 rings (SSSR count). The highest BCUT2D eigenvalue weighted by molar-refractivity contribution is 6.31. The Morgan fingerprint density at radius 1 is 1.16 bits per heavy atom. The van der Waals surface area contributed by atoms with E-state index in [4.69, 9.17) is 31.5 Å². The van der Waals surface area contributed by atoms with Crippen LogP contribution < -0.4 is 19.9 Å². The van der Waals surface area contributed by atoms with Gasteiger partial charge in [-0.15, -0.1) is 0 Å². The quantitative estimate of drug-likeness (QED) is 0.873. The first-order valence-corrected chi connectivity index (χ1v) is 7.69. The van der Waals surface area contributed by atoms with Crippen LogP contribution in [0.1, 0.15) is 17.0 Å². The van der Waals surface area contributed by atoms with Gasteiger partial charge in [-0.25, -0.2) is 0 Å². The molecular formula is C18H15ClN2O4. The summed E-state index contributed by atoms with van der Waals surface area (Å²) in [6, 6.07) is 10.0. The molecule has 0 saturated carbocycles. The van der Waals surface area contributed by atoms with Crippen LogP contribution >= 0.6 is 11.6 Å². The minimum atomic E-state index is -0.554. The number of fused-ring (bicyclic) bond motifs is 1. The maximum atomic E-state index is 9.70. The van der Waals surface area contributed by atoms with Crippen LogP contribution in [0, 0.1) is 11.3 Å². The van der Waals surface area contributed by atoms with Gasteiger partial charge in [0.1, 0.15) is 23.1 Å². The van der Waals surface area contributed by atoms with Crippen molar-refractivity contribution in [3.8, 4) is 29.1 Å². The molecule has 0 amide bonds. The highest BCUT2D eigenvalue weighted by atomic mass is 35.5. The monoisotopic (exact) mass is 358 g/mol. The molecule has 2 aromatic carbocycles. The normalized spacial score (nSPS) is 15.8. The van der Waals surface area contributed by atoms with Gasteiger partial charge in [-0.3, -0.25) is 0 Å². The number of aromatic hydroxyl groups is 1. The fraction of sp³-hybridized carbons (Fsp3) is 0.167. The maximum absolute atomic E-state index is 9.70. The van der Waals surface area contributed by atoms with E-state index in [0.717, 1.165) is 0 Å². The lowest BCUT2D eigenvalue weighted by molar-refractivity contribution is 0.354. The topological polar surface area (TPSA) is 97.7 Å². The van der Waals surface area contributed by atoms with Crippen LogP contribution in [-0.2, 0) is 0 Å². The highest BCUT2D eigenvalue weighted by Crippen LogP contribution is 2.47. The summed E-state index contributed by atoms with van der Waals surface area (Å²) in [5.74, 6) is 0.767. The number of ether oxygens (including phenoxy) is 3. The van der Waals surface area contributed by atoms with Gasteiger partial charge in [-0.2, -0.15) is 5.26 Å². The minimum Gasteiger partial charge on any atom is -0.508 e. The molecule has 2 aromatic rings. The molecule has 0 spiro atoms. The summed E-state index contributed by atoms with van der Waals surface area (Å²) < 4.78 is 16.1. The molecule has 1 heterocycles. The number of phenolic OH excluding ortho intramolecular Hbond substituents is 1. The number of methoxy groups -OCH3 is 2. The fourth-order valence-corrected chi connectivity index (χ4v) is 3.12. The molecule has 25 heavy (non-hydrogen) atoms. The molecule has 6 nitrogen and oxygen atoms in total. The third kappa shape index (κ3) is 2.79. The minimum absolute atomic E-state index is 0.0311. The molecule has 128 valence electrons. The highest BCUT2D eigenvalue weighted by Gasteiger charge is 2.33. The maximum Gasteiger partial charge on any atom is 0.205 e. The molecule has 0 aliphatic carbocycles. The standard InChI is InChI=1S/C18H15ClN2O4/c1-23-15-6-11(13(19)7-16(15)24-2)17-10-4-3-9(22)5-14(10)25-18(21)12(17)8-20/h3-7,17,22H,21H2,1-2H3/t17-/m0/s1. The van der Waals surface area contributed by atoms with Gasteiger partial charge in [0.2, 0.25) is 5.88 Å². The first-order valence-electron chi connectivity index (χ1n) is 7.32. The average Bonchev–Trinajstić information content (AvgIpc) is 2.60. The molecule has 0 fully saturated rings. The van der Waals surface area contributed by atoms with Crippen molar-refractivity contribution in [1.29, 1.82) is 5.26 Å². The lowest BCUT2D eigenvalue weighted by atomic mass is 9.83. The van der Waals surface area contributed by atoms with Crippen molar-refractivity contribution >= 4 is 11.6 Å². The predicted octanol–water partition coefficient (Wildman–Crippen LogP) is 3.28. The molecule has 7 heteroatoms. The van der Waals surface area contributed by atoms with Gasteiger partial charge in [-0.1, -0.05) is 17.7 Å². The number of nitriles is 1. The molecular weight excluding hydrogens is 344 g/mol. The van der Waals surface area contributed by atoms with Gasteiger partial charge in [0.15, 0.2) is 11.5 Å². The number of halogens is 1. The Hall–Kier alpha value is -3.04. The van der Waals surface area contributed by atoms with E-state index in [1.165, 1.54) is 26.4 Å². The molecule has 0 unspecified atom stereocenters. The van der Waals surface area contributed by atoms with E-state index in [9.17, 15) is 10.4 Å². The van der Waals surface area contributed by atoms with Crippen molar-refractivity contribution in [3.05, 3.63) is 57.9 Å². The average molecular weight is 359 g/mol. The second-order valence-corrected chi connectivity index (χ2v) is 5.78. The van der Waals surface area contributed by atoms with Crippen molar-refractivity contribution in [2.75, 3.05) is 14.2 Å². The Labute approximate surface area is 149 Å². The number of nitrogens with two attached hydrogens (primary N) is 1. The Balaban J connectivity index is 2.27. The smallest absolute Gasteiger partial charge is 0.205 e. The summed E-state index contributed by atoms with van der Waals surface area (Å²) in [6.07, 6.45) is 0. The Kier molecular flexibility index (Phi) is 4.34. The van der Waals surface area contributed by atoms with Gasteiger partial charge in [0.25, 0.3) is 0 Å². The summed E-state index contributed by atoms with van der Waals surface area (Å²) in [5.41, 5.74) is 7.43. The van der Waals surface area contributed by atoms with E-state index in [0.29, 0.717) is 33.4 Å². The zero-order valence-electron chi connectivity index (χ0n) is 13.5. The number of phenols is 1. The molecule has 1 aliphatic rings. The number of hydrogen-bond donors (Lipinski definition) is 2. The lowest BCUT2D eigenvalue weighted by Gasteiger charge is -2.27. The van der Waals surface area contributed by atoms with Crippen molar-refractivity contribution in [2.45, 2.75) is 5.92 Å². The van der Waals surface area contributed by atoms with Gasteiger partial charge >= 0.3 is 0 Å². The van der Waals surface area contributed by atoms with Crippen LogP contribution in [0.4, 0.5) is 0 Å². The molecule has 0 radical (unpaired) electrons. The Bertz CT molecular complexity index is 918. The summed E-state index contributed by atoms with van der Waals surface area (Å²) >= 11 is 6.44. The number of benzene rings is 2. The fourth-order valence-electron chi connectivity index (χ4n) is 2.85. The summed E-state index contributed by atoms with van der Waals surface area (Å²) in [7, 11) is 3.03. The third-order valence-corrected chi connectivity index (χ3v) is 4.34. The van der Waals surface area contributed by atoms with Crippen molar-refractivity contribution in [3.63, 3.8) is 0 Å². The van der Waals surface area contributed by atoms with E-state index in [1.807, 2.05) is 0 Å². The van der Waals surface area contributed by atoms with Crippen LogP contribution in [0.25, 0.3) is 0 Å². The van der Waals surface area contributed by atoms with Gasteiger partial charge in [0.05, 0.1) is 20.1 Å². The van der Waals surface area contributed by atoms with Crippen molar-refractivity contribution in [1.82, 2.24) is 0 Å². The SMILES string of the molecule is COc1cc(Cl)c([C@H]2C(C#N)=C(N)Oc3cc(O)ccc32)cc1OC. The summed E-state index contributed by atoms with van der Waals surface area (Å²) in [5, 5.41) is 19.7. The molecule has 1 atom stereocenters. The molecule has 3 N–H and O–H groups in total. The van der Waals surface area contributed by atoms with Crippen LogP contribution in [0.3, 0.4) is 0 Å². The van der Waals surface area contributed by atoms with Gasteiger partial charge < -0.3 is 25.1 Å². The van der Waals surface area contributed by atoms with Crippen LogP contribution in [0.15, 0.2) is 41.8 Å². The molecule has 0 bridgehead atoms. The Morgan fingerprint density at radius 3 is 2.48 bits per heavy atom. The lowest BCUT2D eigenvalue weighted by Crippen LogP contribution is -2.21. The second kappa shape index (κ2) is 6.46. The first-order chi connectivity index (χ1) is 12.0. The number of rotatable bonds is 3. The Morgan fingerprint density at radius 2 is 1.84 bits per heavy atom. The number of allylic oxidation sites excluding steroid dienone is 1. The van der Waals surface area contributed by atoms with Gasteiger partial charge in [-0.05, 0) is 17.7 Å². The zero-order valence-corrected chi connectivity index (χ0v) is 14.3. The summed E-state index contributed by atoms with van der Waals surface area (Å²) in [4.78, 5) is 0. The first kappa shape index (κ1) is 16.8. The van der Waals surface area contributed by atoms with Crippen molar-refractivity contribution in [2.24, 2.45) is 5.73 Å². The van der Waals surface area contributed by atoms with Gasteiger partial charge in [0, 0.05) is 22.7 Å². The number of nitrogens with zero attached hydrogens (tertiary/aromatic N) is 1. The molecule has 0 saturated heterocycles. The van der Waals surface area contributed by atoms with E-state index in [2.05, 4.69) is 6.07 Å². The van der Waals surface area contributed by atoms with Crippen LogP contribution in [0.2, 0.25) is 5.02 Å². The third-order valence-electron chi connectivity index (χ3n) is 4.02. The van der Waals surface area contributed by atoms with Crippen LogP contribution in [-0.4, -0.2) is 19.3 Å². The largest absolute Gasteiger partial charge is 0.508 e. The number of hydrogen-bond acceptors (Lipinski definition) is 6. The van der Waals surface area contributed by atoms with E-state index < -0.39 is 5.92 Å². The zero-order chi connectivity index (χ0) is 18.1. The van der Waals surface area contributed by atoms with Crippen molar-refractivity contribution < 1.29 is 19.3 Å². The van der Waals surface area contributed by atoms with E-state index in [-0.39, 0.29) is 17.2 Å². The van der Waals surface area contributed by atoms with Crippen LogP contribution in [0.5, 0.6) is 23.0 Å². The summed E-state index contributed by atoms with van der Waals surface area (Å²) in [6.45, 7) is 0. The van der Waals surface area contributed by atoms with E-state index in [1.54, 1.807) is 18.2 Å².